The van der Waals surface area contributed by atoms with E-state index in [-0.39, 0.29) is 5.76 Å². The Labute approximate surface area is 53.3 Å². The summed E-state index contributed by atoms with van der Waals surface area (Å²) >= 11 is 0. The molecule has 0 fully saturated rings. The first kappa shape index (κ1) is 7.92. The van der Waals surface area contributed by atoms with E-state index in [1.54, 1.807) is 6.92 Å². The summed E-state index contributed by atoms with van der Waals surface area (Å²) in [6.45, 7) is 1.57. The van der Waals surface area contributed by atoms with Gasteiger partial charge >= 0.3 is 0 Å². The fraction of sp³-hybridized carbons (Fsp3) is 0.500. The van der Waals surface area contributed by atoms with Crippen LogP contribution < -0.4 is 0 Å². The molecule has 3 nitrogen and oxygen atoms in total. The Morgan fingerprint density at radius 3 is 2.44 bits per heavy atom. The highest BCUT2D eigenvalue weighted by molar-refractivity contribution is 5.64. The first-order valence-corrected chi connectivity index (χ1v) is 2.50. The Kier molecular flexibility index (Phi) is 3.40. The Balaban J connectivity index is 4.12. The molecule has 0 spiro atoms. The molecule has 9 heavy (non-hydrogen) atoms. The molecule has 0 aromatic heterocycles. The molecule has 0 aromatic carbocycles. The first-order chi connectivity index (χ1) is 4.26. The van der Waals surface area contributed by atoms with Gasteiger partial charge in [-0.1, -0.05) is 0 Å². The molecule has 1 unspecified atom stereocenters. The third-order valence-corrected chi connectivity index (χ3v) is 0.938. The van der Waals surface area contributed by atoms with Crippen LogP contribution in [0.4, 0.5) is 0 Å². The highest BCUT2D eigenvalue weighted by Crippen LogP contribution is 2.02. The molecule has 0 heterocycles. The van der Waals surface area contributed by atoms with Crippen LogP contribution >= 0.6 is 0 Å². The molecule has 0 amide bonds. The average Bonchev–Trinajstić information content (AvgIpc) is 1.90. The van der Waals surface area contributed by atoms with E-state index in [1.807, 2.05) is 0 Å². The second kappa shape index (κ2) is 3.87. The van der Waals surface area contributed by atoms with Crippen LogP contribution in [0.25, 0.3) is 0 Å². The van der Waals surface area contributed by atoms with Gasteiger partial charge in [0.15, 0.2) is 11.7 Å². The fourth-order valence-electron chi connectivity index (χ4n) is 0.382. The summed E-state index contributed by atoms with van der Waals surface area (Å²) in [6.07, 6.45) is 0.629. The number of hydrogen-bond donors (Lipinski definition) is 0. The van der Waals surface area contributed by atoms with Crippen molar-refractivity contribution in [2.45, 2.75) is 6.92 Å². The van der Waals surface area contributed by atoms with Gasteiger partial charge in [0, 0.05) is 0 Å². The molecule has 3 heteroatoms. The fourth-order valence-corrected chi connectivity index (χ4v) is 0.382. The summed E-state index contributed by atoms with van der Waals surface area (Å²) in [6, 6.07) is 0. The number of carbonyl (C=O) groups is 1. The maximum atomic E-state index is 9.98. The van der Waals surface area contributed by atoms with Crippen molar-refractivity contribution in [1.82, 2.24) is 0 Å². The minimum Gasteiger partial charge on any atom is -0.489 e. The van der Waals surface area contributed by atoms with Gasteiger partial charge in [0.1, 0.15) is 6.29 Å². The second-order valence-electron chi connectivity index (χ2n) is 1.60. The topological polar surface area (TPSA) is 43.4 Å². The predicted molar refractivity (Wildman–Crippen MR) is 31.4 cm³/mol. The van der Waals surface area contributed by atoms with Crippen LogP contribution in [-0.4, -0.2) is 19.3 Å². The van der Waals surface area contributed by atoms with Gasteiger partial charge in [-0.2, -0.15) is 0 Å². The monoisotopic (exact) mass is 128 g/mol. The largest absolute Gasteiger partial charge is 0.489 e. The van der Waals surface area contributed by atoms with Gasteiger partial charge in [-0.3, -0.25) is 0 Å². The Hall–Kier alpha value is -1.08. The minimum atomic E-state index is -0.479. The molecule has 0 aromatic rings. The number of ether oxygens (including phenoxy) is 1. The summed E-state index contributed by atoms with van der Waals surface area (Å²) in [5, 5.41) is 0. The standard InChI is InChI=1S/C6H8O3/c1-5(3-7)6(4-8)9-2/h3,5H,1-2H3. The molecule has 0 aliphatic rings. The van der Waals surface area contributed by atoms with E-state index in [0.717, 1.165) is 0 Å². The van der Waals surface area contributed by atoms with Crippen molar-refractivity contribution in [3.05, 3.63) is 5.76 Å². The molecule has 0 bridgehead atoms. The molecule has 1 atom stereocenters. The molecule has 0 aliphatic carbocycles. The molecule has 0 aliphatic heterocycles. The van der Waals surface area contributed by atoms with E-state index in [2.05, 4.69) is 4.74 Å². The number of rotatable bonds is 3. The Morgan fingerprint density at radius 1 is 1.78 bits per heavy atom. The minimum absolute atomic E-state index is 0.0463. The number of carbonyl (C=O) groups excluding carboxylic acids is 2. The van der Waals surface area contributed by atoms with Crippen molar-refractivity contribution in [1.29, 1.82) is 0 Å². The molecular formula is C6H8O3. The van der Waals surface area contributed by atoms with Crippen molar-refractivity contribution >= 4 is 12.2 Å². The van der Waals surface area contributed by atoms with Crippen molar-refractivity contribution in [2.75, 3.05) is 7.11 Å². The van der Waals surface area contributed by atoms with Crippen molar-refractivity contribution in [3.63, 3.8) is 0 Å². The van der Waals surface area contributed by atoms with E-state index in [0.29, 0.717) is 6.29 Å². The Morgan fingerprint density at radius 2 is 2.33 bits per heavy atom. The van der Waals surface area contributed by atoms with Gasteiger partial charge in [0.25, 0.3) is 0 Å². The average molecular weight is 128 g/mol. The molecule has 0 N–H and O–H groups in total. The van der Waals surface area contributed by atoms with Crippen LogP contribution in [-0.2, 0) is 14.3 Å². The van der Waals surface area contributed by atoms with Crippen molar-refractivity contribution in [3.8, 4) is 0 Å². The van der Waals surface area contributed by atoms with Gasteiger partial charge in [0.2, 0.25) is 0 Å². The predicted octanol–water partition coefficient (Wildman–Crippen LogP) is 0.183. The third kappa shape index (κ3) is 2.11. The molecular weight excluding hydrogens is 120 g/mol. The van der Waals surface area contributed by atoms with Crippen LogP contribution in [0.2, 0.25) is 0 Å². The van der Waals surface area contributed by atoms with E-state index in [9.17, 15) is 9.59 Å². The zero-order chi connectivity index (χ0) is 7.28. The lowest BCUT2D eigenvalue weighted by Crippen LogP contribution is -2.02. The van der Waals surface area contributed by atoms with E-state index in [1.165, 1.54) is 13.1 Å². The SMILES string of the molecule is COC(=C=O)C(C)C=O. The summed E-state index contributed by atoms with van der Waals surface area (Å²) in [4.78, 5) is 19.9. The summed E-state index contributed by atoms with van der Waals surface area (Å²) in [7, 11) is 1.33. The van der Waals surface area contributed by atoms with Crippen molar-refractivity contribution < 1.29 is 14.3 Å². The number of methoxy groups -OCH3 is 1. The maximum Gasteiger partial charge on any atom is 0.189 e. The van der Waals surface area contributed by atoms with Gasteiger partial charge in [-0.05, 0) is 6.92 Å². The zero-order valence-corrected chi connectivity index (χ0v) is 5.38. The van der Waals surface area contributed by atoms with Crippen LogP contribution in [0.3, 0.4) is 0 Å². The zero-order valence-electron chi connectivity index (χ0n) is 5.38. The van der Waals surface area contributed by atoms with Crippen molar-refractivity contribution in [2.24, 2.45) is 5.92 Å². The van der Waals surface area contributed by atoms with Gasteiger partial charge in [0.05, 0.1) is 13.0 Å². The lowest BCUT2D eigenvalue weighted by atomic mass is 10.2. The third-order valence-electron chi connectivity index (χ3n) is 0.938. The normalized spacial score (nSPS) is 11.3. The highest BCUT2D eigenvalue weighted by Gasteiger charge is 2.06. The maximum absolute atomic E-state index is 9.98. The summed E-state index contributed by atoms with van der Waals surface area (Å²) in [5.74, 6) is 1.08. The number of hydrogen-bond acceptors (Lipinski definition) is 3. The van der Waals surface area contributed by atoms with Gasteiger partial charge < -0.3 is 9.53 Å². The Bertz CT molecular complexity index is 144. The lowest BCUT2D eigenvalue weighted by Gasteiger charge is -2.01. The van der Waals surface area contributed by atoms with Crippen LogP contribution in [0, 0.1) is 5.92 Å². The quantitative estimate of drug-likeness (QED) is 0.309. The number of allylic oxidation sites excluding steroid dienone is 1. The van der Waals surface area contributed by atoms with E-state index in [4.69, 9.17) is 0 Å². The second-order valence-corrected chi connectivity index (χ2v) is 1.60. The van der Waals surface area contributed by atoms with Crippen LogP contribution in [0.5, 0.6) is 0 Å². The van der Waals surface area contributed by atoms with Crippen LogP contribution in [0.15, 0.2) is 5.76 Å². The van der Waals surface area contributed by atoms with Gasteiger partial charge in [-0.25, -0.2) is 4.79 Å². The van der Waals surface area contributed by atoms with Gasteiger partial charge in [-0.15, -0.1) is 0 Å². The molecule has 0 saturated carbocycles. The van der Waals surface area contributed by atoms with E-state index < -0.39 is 5.92 Å². The molecule has 0 radical (unpaired) electrons. The molecule has 0 rings (SSSR count). The summed E-state index contributed by atoms with van der Waals surface area (Å²) in [5.41, 5.74) is 0. The molecule has 0 saturated heterocycles. The smallest absolute Gasteiger partial charge is 0.189 e. The number of aldehydes is 1. The lowest BCUT2D eigenvalue weighted by molar-refractivity contribution is -0.110. The highest BCUT2D eigenvalue weighted by atomic mass is 16.5. The van der Waals surface area contributed by atoms with Crippen LogP contribution in [0.1, 0.15) is 6.92 Å². The molecule has 50 valence electrons. The summed E-state index contributed by atoms with van der Waals surface area (Å²) < 4.78 is 4.51. The first-order valence-electron chi connectivity index (χ1n) is 2.50. The van der Waals surface area contributed by atoms with E-state index >= 15 is 0 Å².